The van der Waals surface area contributed by atoms with Gasteiger partial charge in [0.05, 0.1) is 0 Å². The monoisotopic (exact) mass is 211 g/mol. The van der Waals surface area contributed by atoms with Crippen molar-refractivity contribution in [2.45, 2.75) is 0 Å². The summed E-state index contributed by atoms with van der Waals surface area (Å²) in [5, 5.41) is 21.1. The Morgan fingerprint density at radius 2 is 1.25 bits per heavy atom. The lowest BCUT2D eigenvalue weighted by Crippen LogP contribution is -1.83. The maximum absolute atomic E-state index is 9.68. The summed E-state index contributed by atoms with van der Waals surface area (Å²) in [5.74, 6) is 0.255. The second-order valence-electron chi connectivity index (χ2n) is 3.69. The van der Waals surface area contributed by atoms with Crippen molar-refractivity contribution < 1.29 is 10.2 Å². The molecule has 1 heterocycles. The van der Waals surface area contributed by atoms with E-state index in [0.29, 0.717) is 11.0 Å². The van der Waals surface area contributed by atoms with Crippen molar-refractivity contribution in [1.82, 2.24) is 4.98 Å². The van der Waals surface area contributed by atoms with Crippen molar-refractivity contribution in [2.24, 2.45) is 0 Å². The Morgan fingerprint density at radius 1 is 0.750 bits per heavy atom. The van der Waals surface area contributed by atoms with Crippen LogP contribution in [0.5, 0.6) is 11.5 Å². The molecule has 0 saturated carbocycles. The number of rotatable bonds is 0. The van der Waals surface area contributed by atoms with Crippen LogP contribution in [0.3, 0.4) is 0 Å². The van der Waals surface area contributed by atoms with E-state index in [1.165, 1.54) is 0 Å². The molecule has 2 N–H and O–H groups in total. The van der Waals surface area contributed by atoms with Gasteiger partial charge in [0.25, 0.3) is 0 Å². The third kappa shape index (κ3) is 1.18. The Balaban J connectivity index is 2.55. The van der Waals surface area contributed by atoms with E-state index < -0.39 is 0 Å². The van der Waals surface area contributed by atoms with Crippen LogP contribution in [-0.4, -0.2) is 15.2 Å². The van der Waals surface area contributed by atoms with E-state index >= 15 is 0 Å². The van der Waals surface area contributed by atoms with Gasteiger partial charge >= 0.3 is 0 Å². The predicted molar refractivity (Wildman–Crippen MR) is 62.6 cm³/mol. The van der Waals surface area contributed by atoms with Crippen molar-refractivity contribution >= 4 is 21.8 Å². The van der Waals surface area contributed by atoms with Gasteiger partial charge in [0.1, 0.15) is 22.5 Å². The standard InChI is InChI=1S/C13H9NO2/c15-10-5-1-3-8-7-9-4-2-6-11(16)13(9)14-12(8)10/h1-7,15-16H. The smallest absolute Gasteiger partial charge is 0.141 e. The number of para-hydroxylation sites is 2. The number of nitrogens with zero attached hydrogens (tertiary/aromatic N) is 1. The molecular weight excluding hydrogens is 202 g/mol. The molecule has 0 fully saturated rings. The Morgan fingerprint density at radius 3 is 1.75 bits per heavy atom. The fourth-order valence-corrected chi connectivity index (χ4v) is 1.85. The SMILES string of the molecule is Oc1cccc2cc3cccc(O)c3nc12. The zero-order chi connectivity index (χ0) is 11.1. The van der Waals surface area contributed by atoms with E-state index in [4.69, 9.17) is 0 Å². The third-order valence-corrected chi connectivity index (χ3v) is 2.63. The van der Waals surface area contributed by atoms with Gasteiger partial charge in [0, 0.05) is 10.8 Å². The number of aromatic hydroxyl groups is 2. The molecular formula is C13H9NO2. The molecule has 3 heteroatoms. The molecule has 0 saturated heterocycles. The summed E-state index contributed by atoms with van der Waals surface area (Å²) in [7, 11) is 0. The van der Waals surface area contributed by atoms with Crippen LogP contribution in [0, 0.1) is 0 Å². The van der Waals surface area contributed by atoms with E-state index in [0.717, 1.165) is 10.8 Å². The Kier molecular flexibility index (Phi) is 1.74. The van der Waals surface area contributed by atoms with Gasteiger partial charge in [-0.2, -0.15) is 0 Å². The summed E-state index contributed by atoms with van der Waals surface area (Å²) in [4.78, 5) is 4.28. The highest BCUT2D eigenvalue weighted by Gasteiger charge is 2.05. The van der Waals surface area contributed by atoms with Crippen molar-refractivity contribution in [2.75, 3.05) is 0 Å². The second-order valence-corrected chi connectivity index (χ2v) is 3.69. The zero-order valence-corrected chi connectivity index (χ0v) is 8.38. The zero-order valence-electron chi connectivity index (χ0n) is 8.38. The molecule has 0 spiro atoms. The van der Waals surface area contributed by atoms with Gasteiger partial charge in [-0.05, 0) is 18.2 Å². The summed E-state index contributed by atoms with van der Waals surface area (Å²) >= 11 is 0. The normalized spacial score (nSPS) is 11.0. The molecule has 0 aliphatic heterocycles. The van der Waals surface area contributed by atoms with Crippen LogP contribution in [0.1, 0.15) is 0 Å². The van der Waals surface area contributed by atoms with Crippen molar-refractivity contribution in [1.29, 1.82) is 0 Å². The minimum atomic E-state index is 0.127. The van der Waals surface area contributed by atoms with Gasteiger partial charge in [-0.15, -0.1) is 0 Å². The molecule has 0 aliphatic rings. The third-order valence-electron chi connectivity index (χ3n) is 2.63. The summed E-state index contributed by atoms with van der Waals surface area (Å²) < 4.78 is 0. The molecule has 3 rings (SSSR count). The lowest BCUT2D eigenvalue weighted by atomic mass is 10.1. The van der Waals surface area contributed by atoms with Crippen LogP contribution in [0.4, 0.5) is 0 Å². The van der Waals surface area contributed by atoms with E-state index in [2.05, 4.69) is 4.98 Å². The van der Waals surface area contributed by atoms with Crippen LogP contribution in [0.2, 0.25) is 0 Å². The minimum absolute atomic E-state index is 0.127. The fourth-order valence-electron chi connectivity index (χ4n) is 1.85. The maximum atomic E-state index is 9.68. The molecule has 78 valence electrons. The number of phenolic OH excluding ortho intramolecular Hbond substituents is 2. The van der Waals surface area contributed by atoms with Crippen LogP contribution in [0.15, 0.2) is 42.5 Å². The number of fused-ring (bicyclic) bond motifs is 2. The number of pyridine rings is 1. The maximum Gasteiger partial charge on any atom is 0.141 e. The topological polar surface area (TPSA) is 53.4 Å². The number of aromatic nitrogens is 1. The Labute approximate surface area is 91.6 Å². The van der Waals surface area contributed by atoms with E-state index in [1.54, 1.807) is 24.3 Å². The number of benzene rings is 2. The molecule has 3 nitrogen and oxygen atoms in total. The second kappa shape index (κ2) is 3.10. The summed E-state index contributed by atoms with van der Waals surface area (Å²) in [6, 6.07) is 12.4. The average molecular weight is 211 g/mol. The van der Waals surface area contributed by atoms with Gasteiger partial charge in [0.2, 0.25) is 0 Å². The molecule has 0 amide bonds. The molecule has 0 unspecified atom stereocenters. The lowest BCUT2D eigenvalue weighted by Gasteiger charge is -2.04. The minimum Gasteiger partial charge on any atom is -0.506 e. The number of phenols is 2. The van der Waals surface area contributed by atoms with Crippen LogP contribution < -0.4 is 0 Å². The van der Waals surface area contributed by atoms with Crippen molar-refractivity contribution in [3.05, 3.63) is 42.5 Å². The molecule has 0 bridgehead atoms. The van der Waals surface area contributed by atoms with Gasteiger partial charge in [0.15, 0.2) is 0 Å². The van der Waals surface area contributed by atoms with Crippen LogP contribution >= 0.6 is 0 Å². The van der Waals surface area contributed by atoms with Crippen molar-refractivity contribution in [3.63, 3.8) is 0 Å². The molecule has 2 aromatic carbocycles. The molecule has 1 aromatic heterocycles. The molecule has 0 aliphatic carbocycles. The quantitative estimate of drug-likeness (QED) is 0.562. The highest BCUT2D eigenvalue weighted by atomic mass is 16.3. The summed E-state index contributed by atoms with van der Waals surface area (Å²) in [6.45, 7) is 0. The van der Waals surface area contributed by atoms with E-state index in [1.807, 2.05) is 18.2 Å². The first-order valence-electron chi connectivity index (χ1n) is 4.96. The largest absolute Gasteiger partial charge is 0.506 e. The van der Waals surface area contributed by atoms with Gasteiger partial charge in [-0.3, -0.25) is 0 Å². The van der Waals surface area contributed by atoms with E-state index in [-0.39, 0.29) is 11.5 Å². The predicted octanol–water partition coefficient (Wildman–Crippen LogP) is 2.80. The first-order chi connectivity index (χ1) is 7.75. The fraction of sp³-hybridized carbons (Fsp3) is 0. The molecule has 16 heavy (non-hydrogen) atoms. The summed E-state index contributed by atoms with van der Waals surface area (Å²) in [5.41, 5.74) is 1.02. The molecule has 3 aromatic rings. The first-order valence-corrected chi connectivity index (χ1v) is 4.96. The first kappa shape index (κ1) is 8.97. The molecule has 0 atom stereocenters. The average Bonchev–Trinajstić information content (AvgIpc) is 2.28. The van der Waals surface area contributed by atoms with Crippen molar-refractivity contribution in [3.8, 4) is 11.5 Å². The number of hydrogen-bond acceptors (Lipinski definition) is 3. The van der Waals surface area contributed by atoms with Crippen LogP contribution in [-0.2, 0) is 0 Å². The Hall–Kier alpha value is -2.29. The van der Waals surface area contributed by atoms with Gasteiger partial charge < -0.3 is 10.2 Å². The highest BCUT2D eigenvalue weighted by Crippen LogP contribution is 2.29. The van der Waals surface area contributed by atoms with Crippen LogP contribution in [0.25, 0.3) is 21.8 Å². The Bertz CT molecular complexity index is 635. The highest BCUT2D eigenvalue weighted by molar-refractivity contribution is 5.97. The van der Waals surface area contributed by atoms with E-state index in [9.17, 15) is 10.2 Å². The van der Waals surface area contributed by atoms with Gasteiger partial charge in [-0.25, -0.2) is 4.98 Å². The van der Waals surface area contributed by atoms with Gasteiger partial charge in [-0.1, -0.05) is 24.3 Å². The lowest BCUT2D eigenvalue weighted by molar-refractivity contribution is 0.478. The number of hydrogen-bond donors (Lipinski definition) is 2. The summed E-state index contributed by atoms with van der Waals surface area (Å²) in [6.07, 6.45) is 0. The molecule has 0 radical (unpaired) electrons.